The first kappa shape index (κ1) is 12.1. The molecule has 90 valence electrons. The lowest BCUT2D eigenvalue weighted by molar-refractivity contribution is 0.210. The molecule has 0 aliphatic heterocycles. The van der Waals surface area contributed by atoms with Crippen LogP contribution < -0.4 is 0 Å². The average Bonchev–Trinajstić information content (AvgIpc) is 2.78. The van der Waals surface area contributed by atoms with Crippen LogP contribution in [0.4, 0.5) is 0 Å². The van der Waals surface area contributed by atoms with Crippen LogP contribution >= 0.6 is 11.6 Å². The molecule has 1 N–H and O–H groups in total. The number of imidazole rings is 1. The van der Waals surface area contributed by atoms with Gasteiger partial charge in [0.25, 0.3) is 0 Å². The summed E-state index contributed by atoms with van der Waals surface area (Å²) < 4.78 is 1.95. The predicted octanol–water partition coefficient (Wildman–Crippen LogP) is 3.03. The molecule has 1 aromatic carbocycles. The van der Waals surface area contributed by atoms with Crippen LogP contribution in [0.1, 0.15) is 30.7 Å². The lowest BCUT2D eigenvalue weighted by atomic mass is 10.1. The second-order valence-corrected chi connectivity index (χ2v) is 4.34. The smallest absolute Gasteiger partial charge is 0.122 e. The van der Waals surface area contributed by atoms with Crippen molar-refractivity contribution in [3.8, 4) is 0 Å². The highest BCUT2D eigenvalue weighted by Crippen LogP contribution is 2.27. The van der Waals surface area contributed by atoms with Crippen molar-refractivity contribution in [1.29, 1.82) is 0 Å². The zero-order valence-electron chi connectivity index (χ0n) is 9.68. The maximum atomic E-state index is 10.3. The molecule has 0 bridgehead atoms. The van der Waals surface area contributed by atoms with Gasteiger partial charge in [-0.15, -0.1) is 0 Å². The molecule has 1 heterocycles. The fraction of sp³-hybridized carbons (Fsp3) is 0.308. The van der Waals surface area contributed by atoms with Gasteiger partial charge in [0.05, 0.1) is 18.2 Å². The van der Waals surface area contributed by atoms with Gasteiger partial charge >= 0.3 is 0 Å². The van der Waals surface area contributed by atoms with Crippen LogP contribution in [0.3, 0.4) is 0 Å². The molecule has 17 heavy (non-hydrogen) atoms. The third-order valence-corrected chi connectivity index (χ3v) is 3.03. The van der Waals surface area contributed by atoms with Crippen LogP contribution in [0.5, 0.6) is 0 Å². The van der Waals surface area contributed by atoms with Crippen molar-refractivity contribution >= 4 is 11.6 Å². The van der Waals surface area contributed by atoms with Crippen molar-refractivity contribution in [1.82, 2.24) is 9.55 Å². The van der Waals surface area contributed by atoms with E-state index < -0.39 is 6.10 Å². The number of aryl methyl sites for hydroxylation is 1. The molecule has 0 radical (unpaired) electrons. The van der Waals surface area contributed by atoms with Gasteiger partial charge in [-0.2, -0.15) is 0 Å². The predicted molar refractivity (Wildman–Crippen MR) is 68.0 cm³/mol. The van der Waals surface area contributed by atoms with Gasteiger partial charge in [-0.1, -0.05) is 36.7 Å². The molecule has 0 aliphatic rings. The zero-order chi connectivity index (χ0) is 12.3. The maximum absolute atomic E-state index is 10.3. The van der Waals surface area contributed by atoms with Gasteiger partial charge in [0.1, 0.15) is 6.10 Å². The van der Waals surface area contributed by atoms with Crippen LogP contribution in [0.2, 0.25) is 5.02 Å². The number of nitrogens with zero attached hydrogens (tertiary/aromatic N) is 2. The topological polar surface area (TPSA) is 38.0 Å². The minimum atomic E-state index is -0.724. The summed E-state index contributed by atoms with van der Waals surface area (Å²) >= 11 is 6.08. The Morgan fingerprint density at radius 1 is 1.41 bits per heavy atom. The zero-order valence-corrected chi connectivity index (χ0v) is 10.4. The summed E-state index contributed by atoms with van der Waals surface area (Å²) in [5.41, 5.74) is 1.49. The molecular weight excluding hydrogens is 236 g/mol. The first-order chi connectivity index (χ1) is 8.24. The monoisotopic (exact) mass is 250 g/mol. The van der Waals surface area contributed by atoms with Crippen LogP contribution in [0.15, 0.2) is 36.8 Å². The van der Waals surface area contributed by atoms with Crippen LogP contribution in [0.25, 0.3) is 0 Å². The molecule has 0 aliphatic carbocycles. The molecule has 3 nitrogen and oxygen atoms in total. The fourth-order valence-corrected chi connectivity index (χ4v) is 2.08. The summed E-state index contributed by atoms with van der Waals surface area (Å²) in [6.07, 6.45) is 3.69. The van der Waals surface area contributed by atoms with Crippen molar-refractivity contribution in [2.45, 2.75) is 26.0 Å². The Morgan fingerprint density at radius 3 is 2.88 bits per heavy atom. The molecule has 4 heteroatoms. The first-order valence-electron chi connectivity index (χ1n) is 5.66. The summed E-state index contributed by atoms with van der Waals surface area (Å²) in [6, 6.07) is 7.32. The average molecular weight is 251 g/mol. The number of hydrogen-bond acceptors (Lipinski definition) is 2. The SMILES string of the molecule is CCCn1cncc1C(O)c1ccccc1Cl. The number of halogens is 1. The molecule has 0 amide bonds. The number of hydrogen-bond donors (Lipinski definition) is 1. The van der Waals surface area contributed by atoms with Gasteiger partial charge in [0.2, 0.25) is 0 Å². The van der Waals surface area contributed by atoms with Crippen molar-refractivity contribution in [3.05, 3.63) is 53.1 Å². The number of benzene rings is 1. The van der Waals surface area contributed by atoms with Crippen LogP contribution in [-0.4, -0.2) is 14.7 Å². The Kier molecular flexibility index (Phi) is 3.82. The van der Waals surface area contributed by atoms with E-state index in [9.17, 15) is 5.11 Å². The lowest BCUT2D eigenvalue weighted by Crippen LogP contribution is -2.08. The molecule has 1 unspecified atom stereocenters. The summed E-state index contributed by atoms with van der Waals surface area (Å²) in [7, 11) is 0. The van der Waals surface area contributed by atoms with Crippen molar-refractivity contribution in [3.63, 3.8) is 0 Å². The van der Waals surface area contributed by atoms with E-state index in [2.05, 4.69) is 11.9 Å². The molecule has 0 spiro atoms. The van der Waals surface area contributed by atoms with E-state index in [1.54, 1.807) is 18.6 Å². The van der Waals surface area contributed by atoms with Gasteiger partial charge in [0.15, 0.2) is 0 Å². The molecule has 2 rings (SSSR count). The molecule has 0 fully saturated rings. The quantitative estimate of drug-likeness (QED) is 0.906. The Bertz CT molecular complexity index is 496. The Morgan fingerprint density at radius 2 is 2.18 bits per heavy atom. The summed E-state index contributed by atoms with van der Waals surface area (Å²) in [6.45, 7) is 2.93. The normalized spacial score (nSPS) is 12.6. The minimum Gasteiger partial charge on any atom is -0.382 e. The summed E-state index contributed by atoms with van der Waals surface area (Å²) in [4.78, 5) is 4.08. The molecule has 0 saturated heterocycles. The third kappa shape index (κ3) is 2.51. The van der Waals surface area contributed by atoms with Gasteiger partial charge in [-0.25, -0.2) is 4.98 Å². The highest BCUT2D eigenvalue weighted by molar-refractivity contribution is 6.31. The van der Waals surface area contributed by atoms with Crippen molar-refractivity contribution in [2.24, 2.45) is 0 Å². The second-order valence-electron chi connectivity index (χ2n) is 3.94. The number of aliphatic hydroxyl groups is 1. The molecular formula is C13H15ClN2O. The van der Waals surface area contributed by atoms with Crippen molar-refractivity contribution in [2.75, 3.05) is 0 Å². The van der Waals surface area contributed by atoms with Crippen LogP contribution in [-0.2, 0) is 6.54 Å². The van der Waals surface area contributed by atoms with E-state index in [0.29, 0.717) is 10.6 Å². The number of rotatable bonds is 4. The van der Waals surface area contributed by atoms with Gasteiger partial charge in [-0.05, 0) is 12.5 Å². The van der Waals surface area contributed by atoms with Crippen LogP contribution in [0, 0.1) is 0 Å². The first-order valence-corrected chi connectivity index (χ1v) is 6.04. The standard InChI is InChI=1S/C13H15ClN2O/c1-2-7-16-9-15-8-12(16)13(17)10-5-3-4-6-11(10)14/h3-6,8-9,13,17H,2,7H2,1H3. The fourth-order valence-electron chi connectivity index (χ4n) is 1.84. The highest BCUT2D eigenvalue weighted by atomic mass is 35.5. The van der Waals surface area contributed by atoms with Gasteiger partial charge < -0.3 is 9.67 Å². The number of aliphatic hydroxyl groups excluding tert-OH is 1. The van der Waals surface area contributed by atoms with Crippen molar-refractivity contribution < 1.29 is 5.11 Å². The Hall–Kier alpha value is -1.32. The number of aromatic nitrogens is 2. The maximum Gasteiger partial charge on any atom is 0.122 e. The summed E-state index contributed by atoms with van der Waals surface area (Å²) in [5, 5.41) is 10.9. The molecule has 1 atom stereocenters. The summed E-state index contributed by atoms with van der Waals surface area (Å²) in [5.74, 6) is 0. The molecule has 1 aromatic heterocycles. The van der Waals surface area contributed by atoms with E-state index in [1.165, 1.54) is 0 Å². The van der Waals surface area contributed by atoms with E-state index in [1.807, 2.05) is 22.8 Å². The van der Waals surface area contributed by atoms with Gasteiger partial charge in [0, 0.05) is 17.1 Å². The highest BCUT2D eigenvalue weighted by Gasteiger charge is 2.17. The minimum absolute atomic E-state index is 0.573. The van der Waals surface area contributed by atoms with E-state index >= 15 is 0 Å². The second kappa shape index (κ2) is 5.34. The van der Waals surface area contributed by atoms with E-state index in [0.717, 1.165) is 18.7 Å². The lowest BCUT2D eigenvalue weighted by Gasteiger charge is -2.14. The van der Waals surface area contributed by atoms with E-state index in [-0.39, 0.29) is 0 Å². The Labute approximate surface area is 106 Å². The Balaban J connectivity index is 2.34. The largest absolute Gasteiger partial charge is 0.382 e. The molecule has 2 aromatic rings. The third-order valence-electron chi connectivity index (χ3n) is 2.69. The van der Waals surface area contributed by atoms with Gasteiger partial charge in [-0.3, -0.25) is 0 Å². The van der Waals surface area contributed by atoms with E-state index in [4.69, 9.17) is 11.6 Å². The molecule has 0 saturated carbocycles.